The second-order valence-corrected chi connectivity index (χ2v) is 10.1. The summed E-state index contributed by atoms with van der Waals surface area (Å²) in [7, 11) is -5.44. The number of aryl methyl sites for hydroxylation is 1. The highest BCUT2D eigenvalue weighted by Gasteiger charge is 2.46. The lowest BCUT2D eigenvalue weighted by Crippen LogP contribution is -2.31. The molecule has 0 aliphatic carbocycles. The van der Waals surface area contributed by atoms with Crippen molar-refractivity contribution in [3.8, 4) is 0 Å². The number of anilines is 1. The van der Waals surface area contributed by atoms with Crippen molar-refractivity contribution in [3.63, 3.8) is 0 Å². The van der Waals surface area contributed by atoms with Gasteiger partial charge in [0.2, 0.25) is 0 Å². The van der Waals surface area contributed by atoms with Crippen LogP contribution in [0.5, 0.6) is 0 Å². The molecule has 162 valence electrons. The maximum absolute atomic E-state index is 12.6. The van der Waals surface area contributed by atoms with Crippen molar-refractivity contribution in [1.82, 2.24) is 4.90 Å². The number of amides is 1. The minimum Gasteiger partial charge on any atom is -0.322 e. The van der Waals surface area contributed by atoms with Crippen LogP contribution in [0.1, 0.15) is 21.5 Å². The standard InChI is InChI=1S/C20H21F3N2O3S2/c1-14-12-15(13-25-8-10-29-11-9-25)2-7-18(14)24-19(26)16-3-5-17(6-4-16)30(27,28)20(21,22)23/h2-7,12H,8-11,13H2,1H3,(H,24,26). The van der Waals surface area contributed by atoms with Crippen molar-refractivity contribution in [1.29, 1.82) is 0 Å². The number of benzene rings is 2. The molecule has 10 heteroatoms. The van der Waals surface area contributed by atoms with E-state index in [4.69, 9.17) is 0 Å². The molecular formula is C20H21F3N2O3S2. The van der Waals surface area contributed by atoms with Crippen molar-refractivity contribution in [2.24, 2.45) is 0 Å². The summed E-state index contributed by atoms with van der Waals surface area (Å²) in [6, 6.07) is 9.41. The Bertz CT molecular complexity index is 1020. The third-order valence-electron chi connectivity index (χ3n) is 4.78. The molecule has 1 aliphatic rings. The molecule has 0 saturated carbocycles. The molecule has 0 radical (unpaired) electrons. The monoisotopic (exact) mass is 458 g/mol. The summed E-state index contributed by atoms with van der Waals surface area (Å²) in [5.41, 5.74) is -2.74. The average Bonchev–Trinajstić information content (AvgIpc) is 2.70. The second-order valence-electron chi connectivity index (χ2n) is 6.97. The van der Waals surface area contributed by atoms with Crippen LogP contribution >= 0.6 is 11.8 Å². The lowest BCUT2D eigenvalue weighted by molar-refractivity contribution is -0.0436. The Labute approximate surface area is 177 Å². The van der Waals surface area contributed by atoms with Crippen molar-refractivity contribution in [2.75, 3.05) is 29.9 Å². The zero-order valence-electron chi connectivity index (χ0n) is 16.2. The summed E-state index contributed by atoms with van der Waals surface area (Å²) in [6.45, 7) is 4.79. The van der Waals surface area contributed by atoms with E-state index in [0.29, 0.717) is 5.69 Å². The van der Waals surface area contributed by atoms with E-state index in [1.807, 2.05) is 30.8 Å². The van der Waals surface area contributed by atoms with Crippen LogP contribution in [0.15, 0.2) is 47.4 Å². The molecule has 1 amide bonds. The Morgan fingerprint density at radius 2 is 1.73 bits per heavy atom. The number of rotatable bonds is 5. The SMILES string of the molecule is Cc1cc(CN2CCSCC2)ccc1NC(=O)c1ccc(S(=O)(=O)C(F)(F)F)cc1. The van der Waals surface area contributed by atoms with E-state index in [-0.39, 0.29) is 5.56 Å². The van der Waals surface area contributed by atoms with Crippen LogP contribution in [0.2, 0.25) is 0 Å². The number of carbonyl (C=O) groups is 1. The number of hydrogen-bond acceptors (Lipinski definition) is 5. The molecule has 0 bridgehead atoms. The Morgan fingerprint density at radius 1 is 1.10 bits per heavy atom. The Morgan fingerprint density at radius 3 is 2.30 bits per heavy atom. The van der Waals surface area contributed by atoms with E-state index in [2.05, 4.69) is 10.2 Å². The Hall–Kier alpha value is -2.04. The van der Waals surface area contributed by atoms with E-state index >= 15 is 0 Å². The fourth-order valence-electron chi connectivity index (χ4n) is 3.10. The lowest BCUT2D eigenvalue weighted by Gasteiger charge is -2.26. The van der Waals surface area contributed by atoms with Gasteiger partial charge < -0.3 is 5.32 Å². The van der Waals surface area contributed by atoms with Gasteiger partial charge in [0.1, 0.15) is 0 Å². The number of sulfone groups is 1. The first-order valence-corrected chi connectivity index (χ1v) is 11.8. The maximum Gasteiger partial charge on any atom is 0.501 e. The van der Waals surface area contributed by atoms with Gasteiger partial charge in [-0.3, -0.25) is 9.69 Å². The number of thioether (sulfide) groups is 1. The number of hydrogen-bond donors (Lipinski definition) is 1. The zero-order chi connectivity index (χ0) is 21.9. The molecular weight excluding hydrogens is 437 g/mol. The fraction of sp³-hybridized carbons (Fsp3) is 0.350. The van der Waals surface area contributed by atoms with Gasteiger partial charge >= 0.3 is 5.51 Å². The second kappa shape index (κ2) is 8.99. The largest absolute Gasteiger partial charge is 0.501 e. The van der Waals surface area contributed by atoms with Crippen molar-refractivity contribution in [3.05, 3.63) is 59.2 Å². The number of alkyl halides is 3. The number of nitrogens with one attached hydrogen (secondary N) is 1. The van der Waals surface area contributed by atoms with Crippen molar-refractivity contribution < 1.29 is 26.4 Å². The number of nitrogens with zero attached hydrogens (tertiary/aromatic N) is 1. The van der Waals surface area contributed by atoms with E-state index in [0.717, 1.165) is 66.5 Å². The molecule has 30 heavy (non-hydrogen) atoms. The molecule has 0 spiro atoms. The van der Waals surface area contributed by atoms with Crippen LogP contribution < -0.4 is 5.32 Å². The van der Waals surface area contributed by atoms with Crippen LogP contribution in [0.4, 0.5) is 18.9 Å². The minimum absolute atomic E-state index is 0.0606. The first-order valence-electron chi connectivity index (χ1n) is 9.20. The van der Waals surface area contributed by atoms with E-state index < -0.39 is 26.1 Å². The Balaban J connectivity index is 1.68. The van der Waals surface area contributed by atoms with Gasteiger partial charge in [0.15, 0.2) is 0 Å². The summed E-state index contributed by atoms with van der Waals surface area (Å²) in [5, 5.41) is 2.72. The van der Waals surface area contributed by atoms with Crippen LogP contribution in [0.3, 0.4) is 0 Å². The molecule has 1 saturated heterocycles. The molecule has 1 aliphatic heterocycles. The molecule has 1 N–H and O–H groups in total. The third-order valence-corrected chi connectivity index (χ3v) is 7.23. The summed E-state index contributed by atoms with van der Waals surface area (Å²) in [4.78, 5) is 13.9. The normalized spacial score (nSPS) is 15.7. The smallest absolute Gasteiger partial charge is 0.322 e. The highest BCUT2D eigenvalue weighted by atomic mass is 32.2. The van der Waals surface area contributed by atoms with Crippen molar-refractivity contribution >= 4 is 33.2 Å². The lowest BCUT2D eigenvalue weighted by atomic mass is 10.1. The zero-order valence-corrected chi connectivity index (χ0v) is 17.8. The van der Waals surface area contributed by atoms with E-state index in [1.54, 1.807) is 6.07 Å². The molecule has 3 rings (SSSR count). The topological polar surface area (TPSA) is 66.5 Å². The van der Waals surface area contributed by atoms with E-state index in [1.165, 1.54) is 0 Å². The average molecular weight is 459 g/mol. The minimum atomic E-state index is -5.44. The van der Waals surface area contributed by atoms with Gasteiger partial charge in [0, 0.05) is 42.4 Å². The van der Waals surface area contributed by atoms with Crippen LogP contribution in [0, 0.1) is 6.92 Å². The predicted molar refractivity (Wildman–Crippen MR) is 111 cm³/mol. The maximum atomic E-state index is 12.6. The summed E-state index contributed by atoms with van der Waals surface area (Å²) < 4.78 is 60.7. The summed E-state index contributed by atoms with van der Waals surface area (Å²) in [5.74, 6) is 1.71. The first-order chi connectivity index (χ1) is 14.1. The third kappa shape index (κ3) is 5.16. The summed E-state index contributed by atoms with van der Waals surface area (Å²) >= 11 is 1.94. The van der Waals surface area contributed by atoms with Gasteiger partial charge in [-0.25, -0.2) is 8.42 Å². The van der Waals surface area contributed by atoms with Crippen LogP contribution in [-0.4, -0.2) is 49.3 Å². The number of carbonyl (C=O) groups excluding carboxylic acids is 1. The first kappa shape index (κ1) is 22.6. The van der Waals surface area contributed by atoms with Gasteiger partial charge in [-0.05, 0) is 48.4 Å². The van der Waals surface area contributed by atoms with Gasteiger partial charge in [-0.1, -0.05) is 12.1 Å². The Kier molecular flexibility index (Phi) is 6.78. The summed E-state index contributed by atoms with van der Waals surface area (Å²) in [6.07, 6.45) is 0. The van der Waals surface area contributed by atoms with Crippen LogP contribution in [-0.2, 0) is 16.4 Å². The molecule has 0 aromatic heterocycles. The highest BCUT2D eigenvalue weighted by Crippen LogP contribution is 2.30. The number of halogens is 3. The molecule has 0 unspecified atom stereocenters. The molecule has 1 fully saturated rings. The van der Waals surface area contributed by atoms with Gasteiger partial charge in [0.05, 0.1) is 4.90 Å². The van der Waals surface area contributed by atoms with Gasteiger partial charge in [0.25, 0.3) is 15.7 Å². The van der Waals surface area contributed by atoms with Crippen molar-refractivity contribution in [2.45, 2.75) is 23.9 Å². The predicted octanol–water partition coefficient (Wildman–Crippen LogP) is 4.09. The molecule has 1 heterocycles. The van der Waals surface area contributed by atoms with Crippen LogP contribution in [0.25, 0.3) is 0 Å². The quantitative estimate of drug-likeness (QED) is 0.731. The van der Waals surface area contributed by atoms with E-state index in [9.17, 15) is 26.4 Å². The molecule has 0 atom stereocenters. The molecule has 2 aromatic carbocycles. The molecule has 2 aromatic rings. The molecule has 5 nitrogen and oxygen atoms in total. The fourth-order valence-corrected chi connectivity index (χ4v) is 4.84. The van der Waals surface area contributed by atoms with Gasteiger partial charge in [-0.15, -0.1) is 0 Å². The highest BCUT2D eigenvalue weighted by molar-refractivity contribution is 7.99. The van der Waals surface area contributed by atoms with Gasteiger partial charge in [-0.2, -0.15) is 24.9 Å².